The molecule has 0 aromatic heterocycles. The number of carboxylic acid groups (broad SMARTS) is 1. The van der Waals surface area contributed by atoms with Crippen LogP contribution in [0.5, 0.6) is 11.5 Å². The quantitative estimate of drug-likeness (QED) is 0.743. The zero-order valence-corrected chi connectivity index (χ0v) is 14.8. The Hall–Kier alpha value is -3.09. The van der Waals surface area contributed by atoms with Crippen LogP contribution in [0.25, 0.3) is 0 Å². The van der Waals surface area contributed by atoms with E-state index in [0.29, 0.717) is 17.9 Å². The van der Waals surface area contributed by atoms with Crippen molar-refractivity contribution < 1.29 is 28.6 Å². The molecule has 2 aromatic rings. The van der Waals surface area contributed by atoms with Crippen LogP contribution in [0.15, 0.2) is 42.5 Å². The Morgan fingerprint density at radius 3 is 2.70 bits per heavy atom. The highest BCUT2D eigenvalue weighted by molar-refractivity contribution is 5.95. The standard InChI is InChI=1S/C20H20FNO5/c1-2-26-18-9-13(6-7-17(18)27-11-19(23)24)20(25)22-16-10-15(16)12-4-3-5-14(21)8-12/h3-9,15-16H,2,10-11H2,1H3,(H,22,25)(H,23,24). The number of carbonyl (C=O) groups is 2. The highest BCUT2D eigenvalue weighted by Gasteiger charge is 2.39. The summed E-state index contributed by atoms with van der Waals surface area (Å²) in [6.45, 7) is 1.63. The molecule has 1 saturated carbocycles. The van der Waals surface area contributed by atoms with Gasteiger partial charge in [0.2, 0.25) is 0 Å². The lowest BCUT2D eigenvalue weighted by Crippen LogP contribution is -2.26. The first-order valence-corrected chi connectivity index (χ1v) is 8.65. The van der Waals surface area contributed by atoms with Gasteiger partial charge < -0.3 is 19.9 Å². The fraction of sp³-hybridized carbons (Fsp3) is 0.300. The van der Waals surface area contributed by atoms with Crippen molar-refractivity contribution >= 4 is 11.9 Å². The van der Waals surface area contributed by atoms with Gasteiger partial charge in [0.25, 0.3) is 5.91 Å². The van der Waals surface area contributed by atoms with Gasteiger partial charge in [0, 0.05) is 17.5 Å². The Morgan fingerprint density at radius 2 is 2.00 bits per heavy atom. The van der Waals surface area contributed by atoms with Crippen LogP contribution in [0.2, 0.25) is 0 Å². The van der Waals surface area contributed by atoms with E-state index in [1.54, 1.807) is 19.1 Å². The van der Waals surface area contributed by atoms with E-state index in [0.717, 1.165) is 12.0 Å². The van der Waals surface area contributed by atoms with Crippen molar-refractivity contribution in [3.8, 4) is 11.5 Å². The Bertz CT molecular complexity index is 854. The average molecular weight is 373 g/mol. The van der Waals surface area contributed by atoms with Gasteiger partial charge >= 0.3 is 5.97 Å². The van der Waals surface area contributed by atoms with Crippen molar-refractivity contribution in [3.05, 3.63) is 59.4 Å². The summed E-state index contributed by atoms with van der Waals surface area (Å²) in [6.07, 6.45) is 0.757. The molecule has 7 heteroatoms. The number of rotatable bonds is 8. The van der Waals surface area contributed by atoms with Crippen molar-refractivity contribution in [2.24, 2.45) is 0 Å². The molecule has 1 aliphatic carbocycles. The number of nitrogens with one attached hydrogen (secondary N) is 1. The van der Waals surface area contributed by atoms with Crippen molar-refractivity contribution in [3.63, 3.8) is 0 Å². The third kappa shape index (κ3) is 4.75. The molecule has 2 N–H and O–H groups in total. The number of benzene rings is 2. The average Bonchev–Trinajstić information content (AvgIpc) is 3.40. The summed E-state index contributed by atoms with van der Waals surface area (Å²) in [7, 11) is 0. The van der Waals surface area contributed by atoms with Crippen molar-refractivity contribution in [1.82, 2.24) is 5.32 Å². The van der Waals surface area contributed by atoms with E-state index in [2.05, 4.69) is 5.32 Å². The molecule has 1 aliphatic rings. The molecule has 0 aliphatic heterocycles. The van der Waals surface area contributed by atoms with Crippen molar-refractivity contribution in [1.29, 1.82) is 0 Å². The van der Waals surface area contributed by atoms with Crippen LogP contribution in [0.1, 0.15) is 35.2 Å². The monoisotopic (exact) mass is 373 g/mol. The van der Waals surface area contributed by atoms with E-state index in [-0.39, 0.29) is 29.4 Å². The van der Waals surface area contributed by atoms with Gasteiger partial charge in [-0.25, -0.2) is 9.18 Å². The Balaban J connectivity index is 1.66. The number of aliphatic carboxylic acids is 1. The summed E-state index contributed by atoms with van der Waals surface area (Å²) in [5.41, 5.74) is 1.25. The van der Waals surface area contributed by atoms with Crippen LogP contribution in [0.3, 0.4) is 0 Å². The van der Waals surface area contributed by atoms with Gasteiger partial charge in [0.15, 0.2) is 18.1 Å². The van der Waals surface area contributed by atoms with E-state index >= 15 is 0 Å². The van der Waals surface area contributed by atoms with Gasteiger partial charge in [-0.3, -0.25) is 4.79 Å². The normalized spacial score (nSPS) is 17.9. The second kappa shape index (κ2) is 8.07. The van der Waals surface area contributed by atoms with Gasteiger partial charge in [-0.1, -0.05) is 12.1 Å². The third-order valence-electron chi connectivity index (χ3n) is 4.24. The number of hydrogen-bond donors (Lipinski definition) is 2. The fourth-order valence-electron chi connectivity index (χ4n) is 2.89. The molecule has 142 valence electrons. The molecule has 27 heavy (non-hydrogen) atoms. The summed E-state index contributed by atoms with van der Waals surface area (Å²) in [5, 5.41) is 11.7. The first kappa shape index (κ1) is 18.7. The maximum Gasteiger partial charge on any atom is 0.341 e. The smallest absolute Gasteiger partial charge is 0.341 e. The number of carboxylic acids is 1. The van der Waals surface area contributed by atoms with Gasteiger partial charge in [0.05, 0.1) is 6.61 Å². The summed E-state index contributed by atoms with van der Waals surface area (Å²) >= 11 is 0. The number of carbonyl (C=O) groups excluding carboxylic acids is 1. The molecule has 0 bridgehead atoms. The number of halogens is 1. The Labute approximate surface area is 155 Å². The predicted octanol–water partition coefficient (Wildman–Crippen LogP) is 2.97. The Kier molecular flexibility index (Phi) is 5.59. The highest BCUT2D eigenvalue weighted by atomic mass is 19.1. The van der Waals surface area contributed by atoms with Crippen LogP contribution in [-0.2, 0) is 4.79 Å². The van der Waals surface area contributed by atoms with Gasteiger partial charge in [-0.05, 0) is 49.2 Å². The second-order valence-electron chi connectivity index (χ2n) is 6.25. The fourth-order valence-corrected chi connectivity index (χ4v) is 2.89. The van der Waals surface area contributed by atoms with E-state index in [1.807, 2.05) is 6.07 Å². The van der Waals surface area contributed by atoms with E-state index in [1.165, 1.54) is 24.3 Å². The number of amides is 1. The third-order valence-corrected chi connectivity index (χ3v) is 4.24. The van der Waals surface area contributed by atoms with Gasteiger partial charge in [-0.15, -0.1) is 0 Å². The van der Waals surface area contributed by atoms with E-state index in [9.17, 15) is 14.0 Å². The SMILES string of the molecule is CCOc1cc(C(=O)NC2CC2c2cccc(F)c2)ccc1OCC(=O)O. The van der Waals surface area contributed by atoms with Crippen LogP contribution >= 0.6 is 0 Å². The lowest BCUT2D eigenvalue weighted by atomic mass is 10.1. The van der Waals surface area contributed by atoms with E-state index < -0.39 is 12.6 Å². The maximum atomic E-state index is 13.3. The summed E-state index contributed by atoms with van der Waals surface area (Å²) in [4.78, 5) is 23.2. The van der Waals surface area contributed by atoms with E-state index in [4.69, 9.17) is 14.6 Å². The van der Waals surface area contributed by atoms with Crippen LogP contribution < -0.4 is 14.8 Å². The molecule has 0 saturated heterocycles. The largest absolute Gasteiger partial charge is 0.490 e. The molecule has 0 heterocycles. The lowest BCUT2D eigenvalue weighted by Gasteiger charge is -2.12. The maximum absolute atomic E-state index is 13.3. The van der Waals surface area contributed by atoms with Crippen molar-refractivity contribution in [2.75, 3.05) is 13.2 Å². The Morgan fingerprint density at radius 1 is 1.19 bits per heavy atom. The molecule has 2 atom stereocenters. The highest BCUT2D eigenvalue weighted by Crippen LogP contribution is 2.41. The zero-order chi connectivity index (χ0) is 19.4. The first-order chi connectivity index (χ1) is 13.0. The molecule has 3 rings (SSSR count). The second-order valence-corrected chi connectivity index (χ2v) is 6.25. The lowest BCUT2D eigenvalue weighted by molar-refractivity contribution is -0.139. The molecule has 2 unspecified atom stereocenters. The minimum atomic E-state index is -1.10. The molecular formula is C20H20FNO5. The molecular weight excluding hydrogens is 353 g/mol. The van der Waals surface area contributed by atoms with Gasteiger partial charge in [-0.2, -0.15) is 0 Å². The minimum absolute atomic E-state index is 0.0437. The number of hydrogen-bond acceptors (Lipinski definition) is 4. The molecule has 1 fully saturated rings. The van der Waals surface area contributed by atoms with Crippen LogP contribution in [-0.4, -0.2) is 36.2 Å². The summed E-state index contributed by atoms with van der Waals surface area (Å²) in [6, 6.07) is 10.9. The molecule has 0 radical (unpaired) electrons. The van der Waals surface area contributed by atoms with Crippen LogP contribution in [0.4, 0.5) is 4.39 Å². The summed E-state index contributed by atoms with van der Waals surface area (Å²) in [5.74, 6) is -0.985. The number of ether oxygens (including phenoxy) is 2. The van der Waals surface area contributed by atoms with Gasteiger partial charge in [0.1, 0.15) is 5.82 Å². The predicted molar refractivity (Wildman–Crippen MR) is 95.8 cm³/mol. The molecule has 1 amide bonds. The van der Waals surface area contributed by atoms with Crippen molar-refractivity contribution in [2.45, 2.75) is 25.3 Å². The van der Waals surface area contributed by atoms with Crippen LogP contribution in [0, 0.1) is 5.82 Å². The molecule has 2 aromatic carbocycles. The molecule has 6 nitrogen and oxygen atoms in total. The molecule has 0 spiro atoms. The minimum Gasteiger partial charge on any atom is -0.490 e. The topological polar surface area (TPSA) is 84.9 Å². The summed E-state index contributed by atoms with van der Waals surface area (Å²) < 4.78 is 23.9. The zero-order valence-electron chi connectivity index (χ0n) is 14.8. The first-order valence-electron chi connectivity index (χ1n) is 8.65.